The van der Waals surface area contributed by atoms with Gasteiger partial charge in [0.1, 0.15) is 16.4 Å². The van der Waals surface area contributed by atoms with Crippen molar-refractivity contribution in [2.75, 3.05) is 14.2 Å². The Hall–Kier alpha value is -6.09. The molecule has 2 nitrogen and oxygen atoms in total. The third-order valence-electron chi connectivity index (χ3n) is 11.7. The number of ether oxygens (including phenoxy) is 2. The van der Waals surface area contributed by atoms with Crippen LogP contribution in [0.4, 0.5) is 0 Å². The molecule has 1 aliphatic rings. The highest BCUT2D eigenvalue weighted by Gasteiger charge is 2.37. The van der Waals surface area contributed by atoms with Gasteiger partial charge in [-0.25, -0.2) is 0 Å². The maximum absolute atomic E-state index is 7.82. The lowest BCUT2D eigenvalue weighted by atomic mass is 9.82. The van der Waals surface area contributed by atoms with Crippen LogP contribution in [0.3, 0.4) is 0 Å². The van der Waals surface area contributed by atoms with Crippen LogP contribution in [0.2, 0.25) is 0 Å². The first-order chi connectivity index (χ1) is 26.6. The zero-order chi connectivity index (χ0) is 36.4. The van der Waals surface area contributed by atoms with E-state index < -0.39 is 4.87 Å². The molecule has 54 heavy (non-hydrogen) atoms. The second-order valence-electron chi connectivity index (χ2n) is 14.3. The fraction of sp³-hybridized carbons (Fsp3) is 0.0980. The molecule has 0 heterocycles. The molecule has 9 aromatic rings. The fourth-order valence-corrected chi connectivity index (χ4v) is 9.57. The van der Waals surface area contributed by atoms with Crippen LogP contribution in [0.1, 0.15) is 39.3 Å². The number of benzene rings is 9. The maximum atomic E-state index is 7.82. The molecule has 0 amide bonds. The summed E-state index contributed by atoms with van der Waals surface area (Å²) in [6, 6.07) is 61.0. The van der Waals surface area contributed by atoms with Crippen molar-refractivity contribution in [1.29, 1.82) is 0 Å². The van der Waals surface area contributed by atoms with E-state index in [0.29, 0.717) is 0 Å². The first-order valence-electron chi connectivity index (χ1n) is 18.5. The molecule has 10 rings (SSSR count). The lowest BCUT2D eigenvalue weighted by molar-refractivity contribution is 0.414. The summed E-state index contributed by atoms with van der Waals surface area (Å²) in [5.74, 6) is 1.73. The second kappa shape index (κ2) is 12.8. The number of hydrogen-bond acceptors (Lipinski definition) is 2. The standard InChI is InChI=1S/C51H37ClO2/c1-53-36-27-23-34(24-28-36)51(52,35-25-29-37(54-2)30-26-35)33-21-19-32(20-22-33)31-46-47-42-15-7-3-11-38(42)40-13-5-9-17-44(40)49(47)50-45-18-10-6-14-41(45)39-12-4-8-16-43(39)48(46)50/h3-30,46H,31H2,1-2H3. The van der Waals surface area contributed by atoms with Gasteiger partial charge in [-0.15, -0.1) is 11.6 Å². The Bertz CT molecular complexity index is 2700. The molecule has 0 spiro atoms. The lowest BCUT2D eigenvalue weighted by Gasteiger charge is -2.30. The Kier molecular flexibility index (Phi) is 7.71. The van der Waals surface area contributed by atoms with Gasteiger partial charge in [-0.3, -0.25) is 0 Å². The van der Waals surface area contributed by atoms with Crippen molar-refractivity contribution in [1.82, 2.24) is 0 Å². The molecule has 1 aliphatic carbocycles. The van der Waals surface area contributed by atoms with E-state index >= 15 is 0 Å². The molecule has 0 aliphatic heterocycles. The van der Waals surface area contributed by atoms with E-state index in [1.807, 2.05) is 24.3 Å². The zero-order valence-corrected chi connectivity index (χ0v) is 30.9. The number of fused-ring (bicyclic) bond motifs is 13. The first-order valence-corrected chi connectivity index (χ1v) is 18.9. The highest BCUT2D eigenvalue weighted by molar-refractivity contribution is 6.28. The van der Waals surface area contributed by atoms with E-state index in [9.17, 15) is 0 Å². The van der Waals surface area contributed by atoms with E-state index in [4.69, 9.17) is 21.1 Å². The summed E-state index contributed by atoms with van der Waals surface area (Å²) in [6.07, 6.45) is 0.852. The minimum atomic E-state index is -0.923. The number of alkyl halides is 1. The molecule has 0 saturated heterocycles. The molecule has 0 saturated carbocycles. The quantitative estimate of drug-likeness (QED) is 0.0929. The molecule has 0 fully saturated rings. The van der Waals surface area contributed by atoms with Crippen LogP contribution >= 0.6 is 11.6 Å². The van der Waals surface area contributed by atoms with Gasteiger partial charge in [0.25, 0.3) is 0 Å². The molecule has 0 unspecified atom stereocenters. The molecule has 9 aromatic carbocycles. The molecule has 0 radical (unpaired) electrons. The van der Waals surface area contributed by atoms with Crippen LogP contribution in [-0.4, -0.2) is 14.2 Å². The van der Waals surface area contributed by atoms with Gasteiger partial charge in [-0.2, -0.15) is 0 Å². The summed E-state index contributed by atoms with van der Waals surface area (Å²) in [5, 5.41) is 10.5. The average molecular weight is 717 g/mol. The minimum absolute atomic E-state index is 0.147. The van der Waals surface area contributed by atoms with Crippen molar-refractivity contribution in [3.8, 4) is 22.6 Å². The Morgan fingerprint density at radius 2 is 0.722 bits per heavy atom. The normalized spacial score (nSPS) is 12.7. The van der Waals surface area contributed by atoms with Gasteiger partial charge in [-0.1, -0.05) is 146 Å². The van der Waals surface area contributed by atoms with Crippen LogP contribution in [0.25, 0.3) is 54.2 Å². The second-order valence-corrected chi connectivity index (χ2v) is 14.9. The van der Waals surface area contributed by atoms with Gasteiger partial charge in [0.15, 0.2) is 0 Å². The molecule has 260 valence electrons. The monoisotopic (exact) mass is 716 g/mol. The van der Waals surface area contributed by atoms with Crippen LogP contribution in [0.15, 0.2) is 170 Å². The van der Waals surface area contributed by atoms with Crippen molar-refractivity contribution < 1.29 is 9.47 Å². The molecule has 0 aromatic heterocycles. The highest BCUT2D eigenvalue weighted by atomic mass is 35.5. The number of hydrogen-bond donors (Lipinski definition) is 0. The van der Waals surface area contributed by atoms with Crippen LogP contribution < -0.4 is 9.47 Å². The maximum Gasteiger partial charge on any atom is 0.119 e. The van der Waals surface area contributed by atoms with Gasteiger partial charge in [0, 0.05) is 5.92 Å². The third kappa shape index (κ3) is 4.87. The van der Waals surface area contributed by atoms with Crippen LogP contribution in [0.5, 0.6) is 11.5 Å². The summed E-state index contributed by atoms with van der Waals surface area (Å²) in [4.78, 5) is -0.923. The molecule has 0 N–H and O–H groups in total. The number of halogens is 1. The largest absolute Gasteiger partial charge is 0.497 e. The Balaban J connectivity index is 1.17. The molecular weight excluding hydrogens is 680 g/mol. The van der Waals surface area contributed by atoms with E-state index in [-0.39, 0.29) is 5.92 Å². The Morgan fingerprint density at radius 1 is 0.407 bits per heavy atom. The van der Waals surface area contributed by atoms with Crippen LogP contribution in [0, 0.1) is 0 Å². The predicted molar refractivity (Wildman–Crippen MR) is 226 cm³/mol. The summed E-state index contributed by atoms with van der Waals surface area (Å²) in [6.45, 7) is 0. The first kappa shape index (κ1) is 32.6. The zero-order valence-electron chi connectivity index (χ0n) is 30.1. The Morgan fingerprint density at radius 3 is 1.09 bits per heavy atom. The topological polar surface area (TPSA) is 18.5 Å². The summed E-state index contributed by atoms with van der Waals surface area (Å²) >= 11 is 7.82. The van der Waals surface area contributed by atoms with Gasteiger partial charge in [-0.05, 0) is 118 Å². The summed E-state index contributed by atoms with van der Waals surface area (Å²) in [7, 11) is 3.37. The molecule has 0 bridgehead atoms. The number of methoxy groups -OCH3 is 2. The predicted octanol–water partition coefficient (Wildman–Crippen LogP) is 13.2. The van der Waals surface area contributed by atoms with Crippen molar-refractivity contribution in [3.05, 3.63) is 203 Å². The van der Waals surface area contributed by atoms with Crippen LogP contribution in [-0.2, 0) is 11.3 Å². The van der Waals surface area contributed by atoms with Crippen molar-refractivity contribution in [2.24, 2.45) is 0 Å². The van der Waals surface area contributed by atoms with Gasteiger partial charge >= 0.3 is 0 Å². The Labute approximate surface area is 320 Å². The smallest absolute Gasteiger partial charge is 0.119 e. The van der Waals surface area contributed by atoms with E-state index in [0.717, 1.165) is 34.6 Å². The van der Waals surface area contributed by atoms with Gasteiger partial charge in [0.05, 0.1) is 14.2 Å². The molecular formula is C51H37ClO2. The minimum Gasteiger partial charge on any atom is -0.497 e. The van der Waals surface area contributed by atoms with E-state index in [1.54, 1.807) is 14.2 Å². The highest BCUT2D eigenvalue weighted by Crippen LogP contribution is 2.57. The van der Waals surface area contributed by atoms with Gasteiger partial charge < -0.3 is 9.47 Å². The van der Waals surface area contributed by atoms with Crippen molar-refractivity contribution in [3.63, 3.8) is 0 Å². The van der Waals surface area contributed by atoms with Gasteiger partial charge in [0.2, 0.25) is 0 Å². The molecule has 0 atom stereocenters. The summed E-state index contributed by atoms with van der Waals surface area (Å²) in [5.41, 5.74) is 9.81. The average Bonchev–Trinajstić information content (AvgIpc) is 3.59. The number of rotatable bonds is 7. The van der Waals surface area contributed by atoms with Crippen molar-refractivity contribution in [2.45, 2.75) is 17.2 Å². The lowest BCUT2D eigenvalue weighted by Crippen LogP contribution is -2.22. The molecule has 3 heteroatoms. The van der Waals surface area contributed by atoms with E-state index in [2.05, 4.69) is 146 Å². The third-order valence-corrected chi connectivity index (χ3v) is 12.3. The fourth-order valence-electron chi connectivity index (χ4n) is 9.20. The van der Waals surface area contributed by atoms with E-state index in [1.165, 1.54) is 70.9 Å². The van der Waals surface area contributed by atoms with Crippen molar-refractivity contribution >= 4 is 54.7 Å². The SMILES string of the molecule is COc1ccc(C(Cl)(c2ccc(CC3c4c(c5ccccc5c5ccccc45)-c4c3c3ccccc3c3ccccc43)cc2)c2ccc(OC)cc2)cc1. The summed E-state index contributed by atoms with van der Waals surface area (Å²) < 4.78 is 11.0.